The molecule has 2 aromatic rings. The molecule has 0 aromatic heterocycles. The maximum absolute atomic E-state index is 11.8. The first-order valence-corrected chi connectivity index (χ1v) is 6.40. The third kappa shape index (κ3) is 3.75. The van der Waals surface area contributed by atoms with Gasteiger partial charge in [-0.2, -0.15) is 0 Å². The van der Waals surface area contributed by atoms with E-state index in [-0.39, 0.29) is 12.5 Å². The molecule has 20 heavy (non-hydrogen) atoms. The molecule has 4 heteroatoms. The number of hydrogen-bond donors (Lipinski definition) is 2. The summed E-state index contributed by atoms with van der Waals surface area (Å²) in [6.07, 6.45) is 0. The van der Waals surface area contributed by atoms with Crippen LogP contribution in [-0.4, -0.2) is 12.5 Å². The minimum absolute atomic E-state index is 0.0210. The SMILES string of the molecule is Cc1ccc(OCC(=O)Nc2ccc(N)cc2C)cc1. The molecule has 0 aliphatic rings. The van der Waals surface area contributed by atoms with E-state index in [1.165, 1.54) is 0 Å². The molecule has 0 saturated heterocycles. The summed E-state index contributed by atoms with van der Waals surface area (Å²) in [5.74, 6) is 0.484. The van der Waals surface area contributed by atoms with Gasteiger partial charge in [0.15, 0.2) is 6.61 Å². The van der Waals surface area contributed by atoms with Gasteiger partial charge in [0.05, 0.1) is 0 Å². The van der Waals surface area contributed by atoms with Gasteiger partial charge in [0, 0.05) is 11.4 Å². The van der Waals surface area contributed by atoms with Gasteiger partial charge in [-0.05, 0) is 49.7 Å². The number of hydrogen-bond acceptors (Lipinski definition) is 3. The number of carbonyl (C=O) groups is 1. The van der Waals surface area contributed by atoms with E-state index in [0.717, 1.165) is 16.8 Å². The number of nitrogens with two attached hydrogens (primary N) is 1. The molecule has 0 fully saturated rings. The summed E-state index contributed by atoms with van der Waals surface area (Å²) in [6, 6.07) is 12.9. The predicted octanol–water partition coefficient (Wildman–Crippen LogP) is 2.90. The van der Waals surface area contributed by atoms with Crippen LogP contribution < -0.4 is 15.8 Å². The topological polar surface area (TPSA) is 64.3 Å². The molecule has 0 aliphatic heterocycles. The molecule has 0 spiro atoms. The first-order valence-electron chi connectivity index (χ1n) is 6.40. The lowest BCUT2D eigenvalue weighted by molar-refractivity contribution is -0.118. The van der Waals surface area contributed by atoms with Crippen molar-refractivity contribution in [1.82, 2.24) is 0 Å². The molecule has 0 aliphatic carbocycles. The van der Waals surface area contributed by atoms with Crippen LogP contribution in [0.25, 0.3) is 0 Å². The second-order valence-corrected chi connectivity index (χ2v) is 4.72. The standard InChI is InChI=1S/C16H18N2O2/c1-11-3-6-14(7-4-11)20-10-16(19)18-15-8-5-13(17)9-12(15)2/h3-9H,10,17H2,1-2H3,(H,18,19). The zero-order valence-corrected chi connectivity index (χ0v) is 11.6. The second kappa shape index (κ2) is 6.10. The Morgan fingerprint density at radius 2 is 1.85 bits per heavy atom. The number of carbonyl (C=O) groups excluding carboxylic acids is 1. The Kier molecular flexibility index (Phi) is 4.25. The van der Waals surface area contributed by atoms with Crippen molar-refractivity contribution in [2.75, 3.05) is 17.7 Å². The summed E-state index contributed by atoms with van der Waals surface area (Å²) in [7, 11) is 0. The maximum Gasteiger partial charge on any atom is 0.262 e. The number of rotatable bonds is 4. The summed E-state index contributed by atoms with van der Waals surface area (Å²) in [4.78, 5) is 11.8. The van der Waals surface area contributed by atoms with E-state index in [1.807, 2.05) is 44.2 Å². The van der Waals surface area contributed by atoms with Gasteiger partial charge in [-0.3, -0.25) is 4.79 Å². The first kappa shape index (κ1) is 13.9. The normalized spacial score (nSPS) is 10.1. The molecule has 0 bridgehead atoms. The van der Waals surface area contributed by atoms with E-state index in [1.54, 1.807) is 12.1 Å². The van der Waals surface area contributed by atoms with Crippen molar-refractivity contribution in [3.63, 3.8) is 0 Å². The number of amides is 1. The van der Waals surface area contributed by atoms with Crippen molar-refractivity contribution >= 4 is 17.3 Å². The second-order valence-electron chi connectivity index (χ2n) is 4.72. The van der Waals surface area contributed by atoms with Crippen molar-refractivity contribution in [2.45, 2.75) is 13.8 Å². The molecular weight excluding hydrogens is 252 g/mol. The molecule has 0 saturated carbocycles. The van der Waals surface area contributed by atoms with Crippen LogP contribution in [-0.2, 0) is 4.79 Å². The highest BCUT2D eigenvalue weighted by Crippen LogP contribution is 2.17. The minimum atomic E-state index is -0.196. The monoisotopic (exact) mass is 270 g/mol. The number of aryl methyl sites for hydroxylation is 2. The minimum Gasteiger partial charge on any atom is -0.484 e. The number of anilines is 2. The van der Waals surface area contributed by atoms with Crippen molar-refractivity contribution < 1.29 is 9.53 Å². The highest BCUT2D eigenvalue weighted by Gasteiger charge is 2.06. The van der Waals surface area contributed by atoms with Gasteiger partial charge in [-0.25, -0.2) is 0 Å². The highest BCUT2D eigenvalue weighted by atomic mass is 16.5. The van der Waals surface area contributed by atoms with Crippen LogP contribution >= 0.6 is 0 Å². The Balaban J connectivity index is 1.90. The van der Waals surface area contributed by atoms with Gasteiger partial charge in [0.25, 0.3) is 5.91 Å². The fourth-order valence-corrected chi connectivity index (χ4v) is 1.80. The zero-order chi connectivity index (χ0) is 14.5. The van der Waals surface area contributed by atoms with Gasteiger partial charge in [0.1, 0.15) is 5.75 Å². The quantitative estimate of drug-likeness (QED) is 0.840. The van der Waals surface area contributed by atoms with Crippen molar-refractivity contribution in [3.8, 4) is 5.75 Å². The average Bonchev–Trinajstić information content (AvgIpc) is 2.41. The molecule has 0 atom stereocenters. The van der Waals surface area contributed by atoms with E-state index in [4.69, 9.17) is 10.5 Å². The summed E-state index contributed by atoms with van der Waals surface area (Å²) >= 11 is 0. The molecule has 0 heterocycles. The lowest BCUT2D eigenvalue weighted by atomic mass is 10.2. The van der Waals surface area contributed by atoms with Crippen LogP contribution in [0.3, 0.4) is 0 Å². The van der Waals surface area contributed by atoms with E-state index in [2.05, 4.69) is 5.32 Å². The van der Waals surface area contributed by atoms with Crippen molar-refractivity contribution in [2.24, 2.45) is 0 Å². The number of nitrogen functional groups attached to an aromatic ring is 1. The zero-order valence-electron chi connectivity index (χ0n) is 11.6. The summed E-state index contributed by atoms with van der Waals surface area (Å²) < 4.78 is 5.42. The smallest absolute Gasteiger partial charge is 0.262 e. The maximum atomic E-state index is 11.8. The molecule has 0 unspecified atom stereocenters. The molecule has 2 rings (SSSR count). The van der Waals surface area contributed by atoms with Crippen LogP contribution in [0.15, 0.2) is 42.5 Å². The predicted molar refractivity (Wildman–Crippen MR) is 80.9 cm³/mol. The van der Waals surface area contributed by atoms with Crippen molar-refractivity contribution in [3.05, 3.63) is 53.6 Å². The Bertz CT molecular complexity index is 606. The summed E-state index contributed by atoms with van der Waals surface area (Å²) in [5, 5.41) is 2.80. The molecule has 104 valence electrons. The summed E-state index contributed by atoms with van der Waals surface area (Å²) in [6.45, 7) is 3.88. The number of benzene rings is 2. The lowest BCUT2D eigenvalue weighted by Gasteiger charge is -2.10. The number of nitrogens with one attached hydrogen (secondary N) is 1. The highest BCUT2D eigenvalue weighted by molar-refractivity contribution is 5.92. The van der Waals surface area contributed by atoms with E-state index in [9.17, 15) is 4.79 Å². The Morgan fingerprint density at radius 3 is 2.50 bits per heavy atom. The van der Waals surface area contributed by atoms with E-state index >= 15 is 0 Å². The van der Waals surface area contributed by atoms with Gasteiger partial charge in [-0.15, -0.1) is 0 Å². The van der Waals surface area contributed by atoms with Crippen LogP contribution in [0, 0.1) is 13.8 Å². The first-order chi connectivity index (χ1) is 9.54. The fraction of sp³-hybridized carbons (Fsp3) is 0.188. The molecule has 0 radical (unpaired) electrons. The summed E-state index contributed by atoms with van der Waals surface area (Å²) in [5.41, 5.74) is 9.17. The Hall–Kier alpha value is -2.49. The Labute approximate surface area is 118 Å². The molecule has 2 aromatic carbocycles. The van der Waals surface area contributed by atoms with E-state index in [0.29, 0.717) is 11.4 Å². The third-order valence-corrected chi connectivity index (χ3v) is 2.92. The third-order valence-electron chi connectivity index (χ3n) is 2.92. The number of ether oxygens (including phenoxy) is 1. The fourth-order valence-electron chi connectivity index (χ4n) is 1.80. The van der Waals surface area contributed by atoms with Crippen LogP contribution in [0.2, 0.25) is 0 Å². The molecular formula is C16H18N2O2. The largest absolute Gasteiger partial charge is 0.484 e. The van der Waals surface area contributed by atoms with Crippen LogP contribution in [0.5, 0.6) is 5.75 Å². The van der Waals surface area contributed by atoms with Crippen molar-refractivity contribution in [1.29, 1.82) is 0 Å². The lowest BCUT2D eigenvalue weighted by Crippen LogP contribution is -2.20. The van der Waals surface area contributed by atoms with Gasteiger partial charge >= 0.3 is 0 Å². The van der Waals surface area contributed by atoms with Crippen LogP contribution in [0.1, 0.15) is 11.1 Å². The van der Waals surface area contributed by atoms with Crippen LogP contribution in [0.4, 0.5) is 11.4 Å². The van der Waals surface area contributed by atoms with E-state index < -0.39 is 0 Å². The van der Waals surface area contributed by atoms with Gasteiger partial charge in [0.2, 0.25) is 0 Å². The average molecular weight is 270 g/mol. The van der Waals surface area contributed by atoms with Gasteiger partial charge in [-0.1, -0.05) is 17.7 Å². The Morgan fingerprint density at radius 1 is 1.15 bits per heavy atom. The molecule has 3 N–H and O–H groups in total. The van der Waals surface area contributed by atoms with Gasteiger partial charge < -0.3 is 15.8 Å². The molecule has 1 amide bonds. The molecule has 4 nitrogen and oxygen atoms in total.